The van der Waals surface area contributed by atoms with E-state index in [1.54, 1.807) is 37.5 Å². The topological polar surface area (TPSA) is 49.9 Å². The van der Waals surface area contributed by atoms with Gasteiger partial charge in [-0.05, 0) is 23.8 Å². The number of benzene rings is 1. The fraction of sp³-hybridized carbons (Fsp3) is 0.375. The Morgan fingerprint density at radius 1 is 1.04 bits per heavy atom. The molecule has 0 atom stereocenters. The predicted octanol–water partition coefficient (Wildman–Crippen LogP) is 1.94. The van der Waals surface area contributed by atoms with Crippen LogP contribution in [-0.2, 0) is 9.59 Å². The van der Waals surface area contributed by atoms with Gasteiger partial charge in [0.1, 0.15) is 5.75 Å². The van der Waals surface area contributed by atoms with Gasteiger partial charge >= 0.3 is 12.1 Å². The summed E-state index contributed by atoms with van der Waals surface area (Å²) in [6, 6.07) is 7.07. The molecule has 1 fully saturated rings. The Morgan fingerprint density at radius 2 is 1.58 bits per heavy atom. The first-order chi connectivity index (χ1) is 11.3. The number of methoxy groups -OCH3 is 1. The van der Waals surface area contributed by atoms with E-state index in [0.29, 0.717) is 5.75 Å². The van der Waals surface area contributed by atoms with Crippen LogP contribution in [0, 0.1) is 0 Å². The highest BCUT2D eigenvalue weighted by atomic mass is 19.4. The highest BCUT2D eigenvalue weighted by molar-refractivity contribution is 5.92. The maximum absolute atomic E-state index is 12.4. The van der Waals surface area contributed by atoms with Gasteiger partial charge in [-0.1, -0.05) is 12.1 Å². The van der Waals surface area contributed by atoms with Crippen LogP contribution in [0.5, 0.6) is 5.75 Å². The van der Waals surface area contributed by atoms with Crippen LogP contribution in [0.2, 0.25) is 0 Å². The Balaban J connectivity index is 1.88. The van der Waals surface area contributed by atoms with Gasteiger partial charge in [0, 0.05) is 32.3 Å². The first-order valence-electron chi connectivity index (χ1n) is 7.28. The smallest absolute Gasteiger partial charge is 0.471 e. The number of piperazine rings is 1. The number of hydrogen-bond donors (Lipinski definition) is 0. The minimum absolute atomic E-state index is 0.0770. The van der Waals surface area contributed by atoms with Crippen LogP contribution < -0.4 is 4.74 Å². The zero-order chi connectivity index (χ0) is 17.7. The quantitative estimate of drug-likeness (QED) is 0.789. The van der Waals surface area contributed by atoms with Crippen molar-refractivity contribution in [2.45, 2.75) is 6.18 Å². The number of alkyl halides is 3. The van der Waals surface area contributed by atoms with E-state index in [1.165, 1.54) is 11.0 Å². The second-order valence-corrected chi connectivity index (χ2v) is 5.22. The molecule has 0 spiro atoms. The number of carbonyl (C=O) groups is 2. The third kappa shape index (κ3) is 4.50. The lowest BCUT2D eigenvalue weighted by molar-refractivity contribution is -0.187. The first kappa shape index (κ1) is 17.8. The van der Waals surface area contributed by atoms with Gasteiger partial charge in [0.25, 0.3) is 0 Å². The molecular formula is C16H17F3N2O3. The van der Waals surface area contributed by atoms with Crippen molar-refractivity contribution in [3.63, 3.8) is 0 Å². The molecule has 24 heavy (non-hydrogen) atoms. The van der Waals surface area contributed by atoms with Crippen LogP contribution in [0.1, 0.15) is 5.56 Å². The van der Waals surface area contributed by atoms with E-state index in [9.17, 15) is 22.8 Å². The molecule has 1 aromatic carbocycles. The molecule has 0 unspecified atom stereocenters. The Hall–Kier alpha value is -2.51. The second-order valence-electron chi connectivity index (χ2n) is 5.22. The first-order valence-corrected chi connectivity index (χ1v) is 7.28. The highest BCUT2D eigenvalue weighted by Crippen LogP contribution is 2.19. The van der Waals surface area contributed by atoms with Crippen molar-refractivity contribution in [2.24, 2.45) is 0 Å². The summed E-state index contributed by atoms with van der Waals surface area (Å²) in [4.78, 5) is 25.3. The number of rotatable bonds is 3. The molecule has 1 aromatic rings. The van der Waals surface area contributed by atoms with E-state index in [0.717, 1.165) is 10.5 Å². The Kier molecular flexibility index (Phi) is 5.48. The molecule has 2 amide bonds. The van der Waals surface area contributed by atoms with Crippen LogP contribution in [0.3, 0.4) is 0 Å². The molecule has 0 radical (unpaired) electrons. The lowest BCUT2D eigenvalue weighted by Crippen LogP contribution is -2.53. The van der Waals surface area contributed by atoms with Gasteiger partial charge in [0.15, 0.2) is 0 Å². The normalized spacial score (nSPS) is 15.7. The van der Waals surface area contributed by atoms with Gasteiger partial charge in [0.05, 0.1) is 7.11 Å². The fourth-order valence-electron chi connectivity index (χ4n) is 2.30. The molecule has 8 heteroatoms. The van der Waals surface area contributed by atoms with Crippen molar-refractivity contribution in [1.82, 2.24) is 9.80 Å². The molecule has 0 N–H and O–H groups in total. The molecule has 1 aliphatic heterocycles. The molecule has 1 heterocycles. The van der Waals surface area contributed by atoms with Crippen LogP contribution in [0.4, 0.5) is 13.2 Å². The van der Waals surface area contributed by atoms with Crippen molar-refractivity contribution >= 4 is 17.9 Å². The van der Waals surface area contributed by atoms with Crippen LogP contribution in [-0.4, -0.2) is 61.1 Å². The van der Waals surface area contributed by atoms with Gasteiger partial charge in [0.2, 0.25) is 5.91 Å². The molecule has 1 aliphatic rings. The molecule has 0 bridgehead atoms. The van der Waals surface area contributed by atoms with Crippen LogP contribution in [0.25, 0.3) is 6.08 Å². The summed E-state index contributed by atoms with van der Waals surface area (Å²) in [5.74, 6) is -1.46. The number of amides is 2. The van der Waals surface area contributed by atoms with Crippen LogP contribution >= 0.6 is 0 Å². The summed E-state index contributed by atoms with van der Waals surface area (Å²) in [6.45, 7) is -0.0951. The number of ether oxygens (including phenoxy) is 1. The van der Waals surface area contributed by atoms with Crippen molar-refractivity contribution < 1.29 is 27.5 Å². The summed E-state index contributed by atoms with van der Waals surface area (Å²) in [6.07, 6.45) is -1.89. The van der Waals surface area contributed by atoms with Gasteiger partial charge in [-0.2, -0.15) is 13.2 Å². The average molecular weight is 342 g/mol. The zero-order valence-corrected chi connectivity index (χ0v) is 13.0. The predicted molar refractivity (Wildman–Crippen MR) is 81.2 cm³/mol. The van der Waals surface area contributed by atoms with Crippen molar-refractivity contribution in [1.29, 1.82) is 0 Å². The average Bonchev–Trinajstić information content (AvgIpc) is 2.58. The summed E-state index contributed by atoms with van der Waals surface area (Å²) in [7, 11) is 1.55. The molecule has 0 saturated carbocycles. The second kappa shape index (κ2) is 7.37. The van der Waals surface area contributed by atoms with E-state index in [2.05, 4.69) is 0 Å². The zero-order valence-electron chi connectivity index (χ0n) is 13.0. The number of halogens is 3. The minimum Gasteiger partial charge on any atom is -0.497 e. The van der Waals surface area contributed by atoms with E-state index in [1.807, 2.05) is 0 Å². The van der Waals surface area contributed by atoms with Crippen molar-refractivity contribution in [3.8, 4) is 5.75 Å². The Bertz CT molecular complexity index is 618. The van der Waals surface area contributed by atoms with E-state index < -0.39 is 12.1 Å². The van der Waals surface area contributed by atoms with E-state index >= 15 is 0 Å². The molecule has 0 aromatic heterocycles. The molecule has 0 aliphatic carbocycles. The van der Waals surface area contributed by atoms with Crippen molar-refractivity contribution in [2.75, 3.05) is 33.3 Å². The minimum atomic E-state index is -4.87. The lowest BCUT2D eigenvalue weighted by Gasteiger charge is -2.34. The molecule has 2 rings (SSSR count). The maximum atomic E-state index is 12.4. The summed E-state index contributed by atoms with van der Waals surface area (Å²) >= 11 is 0. The third-order valence-electron chi connectivity index (χ3n) is 3.66. The Labute approximate surface area is 137 Å². The largest absolute Gasteiger partial charge is 0.497 e. The summed E-state index contributed by atoms with van der Waals surface area (Å²) in [5, 5.41) is 0. The lowest BCUT2D eigenvalue weighted by atomic mass is 10.2. The van der Waals surface area contributed by atoms with E-state index in [-0.39, 0.29) is 32.1 Å². The molecule has 130 valence electrons. The summed E-state index contributed by atoms with van der Waals surface area (Å²) < 4.78 is 42.1. The number of nitrogens with zero attached hydrogens (tertiary/aromatic N) is 2. The van der Waals surface area contributed by atoms with Gasteiger partial charge in [-0.15, -0.1) is 0 Å². The fourth-order valence-corrected chi connectivity index (χ4v) is 2.30. The maximum Gasteiger partial charge on any atom is 0.471 e. The number of carbonyl (C=O) groups excluding carboxylic acids is 2. The molecular weight excluding hydrogens is 325 g/mol. The standard InChI is InChI=1S/C16H17F3N2O3/c1-24-13-5-2-12(3-6-13)4-7-14(22)20-8-10-21(11-9-20)15(23)16(17,18)19/h2-7H,8-11H2,1H3/b7-4+. The molecule has 5 nitrogen and oxygen atoms in total. The van der Waals surface area contributed by atoms with Crippen molar-refractivity contribution in [3.05, 3.63) is 35.9 Å². The van der Waals surface area contributed by atoms with Gasteiger partial charge in [-0.3, -0.25) is 9.59 Å². The van der Waals surface area contributed by atoms with Gasteiger partial charge in [-0.25, -0.2) is 0 Å². The van der Waals surface area contributed by atoms with Gasteiger partial charge < -0.3 is 14.5 Å². The number of hydrogen-bond acceptors (Lipinski definition) is 3. The highest BCUT2D eigenvalue weighted by Gasteiger charge is 2.43. The third-order valence-corrected chi connectivity index (χ3v) is 3.66. The van der Waals surface area contributed by atoms with E-state index in [4.69, 9.17) is 4.74 Å². The molecule has 1 saturated heterocycles. The monoisotopic (exact) mass is 342 g/mol. The SMILES string of the molecule is COc1ccc(/C=C/C(=O)N2CCN(C(=O)C(F)(F)F)CC2)cc1. The van der Waals surface area contributed by atoms with Crippen LogP contribution in [0.15, 0.2) is 30.3 Å². The Morgan fingerprint density at radius 3 is 2.08 bits per heavy atom. The summed E-state index contributed by atoms with van der Waals surface area (Å²) in [5.41, 5.74) is 0.801.